The van der Waals surface area contributed by atoms with E-state index in [4.69, 9.17) is 0 Å². The molecule has 1 amide bonds. The fourth-order valence-electron chi connectivity index (χ4n) is 3.44. The molecule has 1 saturated heterocycles. The number of ether oxygens (including phenoxy) is 2. The quantitative estimate of drug-likeness (QED) is 0.478. The summed E-state index contributed by atoms with van der Waals surface area (Å²) >= 11 is 0.582. The second kappa shape index (κ2) is 7.23. The number of thiophene rings is 1. The molecule has 1 aliphatic carbocycles. The minimum absolute atomic E-state index is 0.0980. The molecule has 180 valence electrons. The van der Waals surface area contributed by atoms with Gasteiger partial charge in [0.2, 0.25) is 0 Å². The SMILES string of the molecule is COC(=O)c1c(NC(=O)C(F)(F)C2(F)OC(F)(F)C(F)(F)C2(F)F)sc2c1CCC(C)C2. The monoisotopic (exact) mass is 499 g/mol. The molecule has 3 rings (SSSR count). The molecule has 1 N–H and O–H groups in total. The zero-order chi connectivity index (χ0) is 24.5. The molecule has 2 aliphatic rings. The van der Waals surface area contributed by atoms with Crippen molar-refractivity contribution >= 4 is 28.2 Å². The van der Waals surface area contributed by atoms with E-state index in [0.717, 1.165) is 7.11 Å². The van der Waals surface area contributed by atoms with Gasteiger partial charge < -0.3 is 10.1 Å². The number of hydrogen-bond acceptors (Lipinski definition) is 5. The molecular weight excluding hydrogens is 485 g/mol. The highest BCUT2D eigenvalue weighted by Crippen LogP contribution is 2.64. The molecule has 2 atom stereocenters. The van der Waals surface area contributed by atoms with Crippen molar-refractivity contribution in [2.45, 2.75) is 55.9 Å². The lowest BCUT2D eigenvalue weighted by Crippen LogP contribution is -2.63. The molecule has 0 spiro atoms. The van der Waals surface area contributed by atoms with Crippen molar-refractivity contribution in [2.75, 3.05) is 12.4 Å². The van der Waals surface area contributed by atoms with Crippen molar-refractivity contribution in [3.8, 4) is 0 Å². The lowest BCUT2D eigenvalue weighted by atomic mass is 9.88. The predicted molar refractivity (Wildman–Crippen MR) is 90.2 cm³/mol. The first-order valence-corrected chi connectivity index (χ1v) is 9.71. The third-order valence-corrected chi connectivity index (χ3v) is 6.42. The predicted octanol–water partition coefficient (Wildman–Crippen LogP) is 4.79. The second-order valence-electron chi connectivity index (χ2n) is 7.44. The topological polar surface area (TPSA) is 64.6 Å². The van der Waals surface area contributed by atoms with E-state index in [2.05, 4.69) is 9.47 Å². The Morgan fingerprint density at radius 1 is 1.12 bits per heavy atom. The Hall–Kier alpha value is -2.03. The maximum Gasteiger partial charge on any atom is 0.428 e. The highest BCUT2D eigenvalue weighted by Gasteiger charge is 2.96. The minimum atomic E-state index is -6.79. The number of fused-ring (bicyclic) bond motifs is 1. The van der Waals surface area contributed by atoms with Crippen LogP contribution in [0.4, 0.5) is 44.5 Å². The van der Waals surface area contributed by atoms with Gasteiger partial charge in [-0.3, -0.25) is 9.53 Å². The lowest BCUT2D eigenvalue weighted by Gasteiger charge is -2.31. The van der Waals surface area contributed by atoms with Crippen LogP contribution in [0.25, 0.3) is 0 Å². The number of methoxy groups -OCH3 is 1. The van der Waals surface area contributed by atoms with Crippen molar-refractivity contribution in [3.63, 3.8) is 0 Å². The number of halogens is 9. The molecule has 0 bridgehead atoms. The van der Waals surface area contributed by atoms with Crippen LogP contribution in [0.5, 0.6) is 0 Å². The van der Waals surface area contributed by atoms with Crippen LogP contribution in [0.1, 0.15) is 34.1 Å². The molecule has 1 aromatic heterocycles. The van der Waals surface area contributed by atoms with E-state index in [1.54, 1.807) is 0 Å². The van der Waals surface area contributed by atoms with Crippen molar-refractivity contribution in [3.05, 3.63) is 16.0 Å². The largest absolute Gasteiger partial charge is 0.465 e. The Kier molecular flexibility index (Phi) is 5.56. The zero-order valence-electron chi connectivity index (χ0n) is 16.1. The molecule has 5 nitrogen and oxygen atoms in total. The number of esters is 1. The third kappa shape index (κ3) is 3.10. The smallest absolute Gasteiger partial charge is 0.428 e. The number of hydrogen-bond donors (Lipinski definition) is 1. The molecule has 2 unspecified atom stereocenters. The van der Waals surface area contributed by atoms with Gasteiger partial charge in [0.15, 0.2) is 0 Å². The van der Waals surface area contributed by atoms with Gasteiger partial charge in [0, 0.05) is 4.88 Å². The highest BCUT2D eigenvalue weighted by atomic mass is 32.1. The molecular formula is C17H14F9NO4S. The molecule has 0 aromatic carbocycles. The molecule has 1 fully saturated rings. The van der Waals surface area contributed by atoms with E-state index in [9.17, 15) is 49.1 Å². The summed E-state index contributed by atoms with van der Waals surface area (Å²) in [5.41, 5.74) is -0.0970. The second-order valence-corrected chi connectivity index (χ2v) is 8.54. The van der Waals surface area contributed by atoms with Crippen molar-refractivity contribution < 1.29 is 58.6 Å². The average molecular weight is 499 g/mol. The zero-order valence-corrected chi connectivity index (χ0v) is 17.0. The van der Waals surface area contributed by atoms with Gasteiger partial charge in [-0.2, -0.15) is 39.5 Å². The molecule has 0 saturated carbocycles. The van der Waals surface area contributed by atoms with Crippen LogP contribution in [-0.4, -0.2) is 48.7 Å². The molecule has 2 heterocycles. The van der Waals surface area contributed by atoms with E-state index >= 15 is 0 Å². The van der Waals surface area contributed by atoms with Crippen LogP contribution in [0, 0.1) is 5.92 Å². The first-order valence-electron chi connectivity index (χ1n) is 8.89. The van der Waals surface area contributed by atoms with Crippen LogP contribution in [-0.2, 0) is 27.1 Å². The summed E-state index contributed by atoms with van der Waals surface area (Å²) in [4.78, 5) is 24.6. The van der Waals surface area contributed by atoms with E-state index in [1.807, 2.05) is 6.92 Å². The van der Waals surface area contributed by atoms with Crippen molar-refractivity contribution in [2.24, 2.45) is 5.92 Å². The summed E-state index contributed by atoms with van der Waals surface area (Å²) in [5.74, 6) is -30.1. The van der Waals surface area contributed by atoms with Crippen LogP contribution in [0.3, 0.4) is 0 Å². The molecule has 1 aromatic rings. The van der Waals surface area contributed by atoms with Crippen LogP contribution >= 0.6 is 11.3 Å². The van der Waals surface area contributed by atoms with Gasteiger partial charge in [0.25, 0.3) is 0 Å². The first kappa shape index (κ1) is 24.6. The number of amides is 1. The van der Waals surface area contributed by atoms with Crippen LogP contribution in [0.2, 0.25) is 0 Å². The van der Waals surface area contributed by atoms with Gasteiger partial charge in [-0.15, -0.1) is 11.3 Å². The Bertz CT molecular complexity index is 964. The summed E-state index contributed by atoms with van der Waals surface area (Å²) in [5, 5.41) is 0.655. The van der Waals surface area contributed by atoms with E-state index in [0.29, 0.717) is 34.6 Å². The minimum Gasteiger partial charge on any atom is -0.465 e. The van der Waals surface area contributed by atoms with E-state index < -0.39 is 52.2 Å². The number of nitrogens with one attached hydrogen (secondary N) is 1. The molecule has 0 radical (unpaired) electrons. The summed E-state index contributed by atoms with van der Waals surface area (Å²) in [6.45, 7) is 1.83. The summed E-state index contributed by atoms with van der Waals surface area (Å²) in [6, 6.07) is 0. The maximum absolute atomic E-state index is 14.4. The highest BCUT2D eigenvalue weighted by molar-refractivity contribution is 7.17. The Morgan fingerprint density at radius 2 is 1.72 bits per heavy atom. The third-order valence-electron chi connectivity index (χ3n) is 5.25. The number of anilines is 1. The Labute approximate surface area is 177 Å². The number of rotatable bonds is 4. The van der Waals surface area contributed by atoms with Crippen LogP contribution < -0.4 is 5.32 Å². The summed E-state index contributed by atoms with van der Waals surface area (Å²) in [6.07, 6.45) is -5.17. The van der Waals surface area contributed by atoms with Gasteiger partial charge in [0.05, 0.1) is 12.7 Å². The fourth-order valence-corrected chi connectivity index (χ4v) is 4.83. The summed E-state index contributed by atoms with van der Waals surface area (Å²) in [7, 11) is 0.922. The van der Waals surface area contributed by atoms with Gasteiger partial charge in [0.1, 0.15) is 5.00 Å². The maximum atomic E-state index is 14.4. The Morgan fingerprint density at radius 3 is 2.22 bits per heavy atom. The lowest BCUT2D eigenvalue weighted by molar-refractivity contribution is -0.366. The molecule has 1 aliphatic heterocycles. The average Bonchev–Trinajstić information content (AvgIpc) is 3.06. The van der Waals surface area contributed by atoms with Gasteiger partial charge >= 0.3 is 41.6 Å². The van der Waals surface area contributed by atoms with Crippen molar-refractivity contribution in [1.29, 1.82) is 0 Å². The summed E-state index contributed by atoms with van der Waals surface area (Å²) < 4.78 is 130. The standard InChI is InChI=1S/C17H14F9NO4S/c1-6-3-4-7-8(5-6)32-10(9(7)11(28)30-2)27-12(29)13(18,19)16(24)14(20,21)15(22,23)17(25,26)31-16/h6H,3-5H2,1-2H3,(H,27,29). The normalized spacial score (nSPS) is 28.2. The van der Waals surface area contributed by atoms with Gasteiger partial charge in [-0.05, 0) is 30.7 Å². The molecule has 32 heavy (non-hydrogen) atoms. The van der Waals surface area contributed by atoms with Crippen LogP contribution in [0.15, 0.2) is 0 Å². The Balaban J connectivity index is 2.01. The molecule has 15 heteroatoms. The van der Waals surface area contributed by atoms with E-state index in [-0.39, 0.29) is 12.3 Å². The van der Waals surface area contributed by atoms with Gasteiger partial charge in [-0.25, -0.2) is 4.79 Å². The first-order chi connectivity index (χ1) is 14.4. The number of carbonyl (C=O) groups is 2. The van der Waals surface area contributed by atoms with Gasteiger partial charge in [-0.1, -0.05) is 6.92 Å². The number of alkyl halides is 9. The number of carbonyl (C=O) groups excluding carboxylic acids is 2. The van der Waals surface area contributed by atoms with E-state index in [1.165, 1.54) is 5.32 Å². The fraction of sp³-hybridized carbons (Fsp3) is 0.647. The van der Waals surface area contributed by atoms with Crippen molar-refractivity contribution in [1.82, 2.24) is 0 Å².